The Balaban J connectivity index is 2.77. The Hall–Kier alpha value is -1.46. The number of aliphatic hydroxyl groups is 1. The fraction of sp³-hybridized carbons (Fsp3) is 0.625. The molecule has 0 aromatic heterocycles. The second-order valence-electron chi connectivity index (χ2n) is 4.93. The molecule has 0 aliphatic carbocycles. The standard InChI is InChI=1S/C16H27NO4/c1-5-12(6-7-18)10-17-11-14-15(20-3)8-13(19-2)9-16(14)21-4/h8-9,12,17-18H,5-7,10-11H2,1-4H3. The largest absolute Gasteiger partial charge is 0.496 e. The van der Waals surface area contributed by atoms with Gasteiger partial charge in [-0.3, -0.25) is 0 Å². The lowest BCUT2D eigenvalue weighted by molar-refractivity contribution is 0.251. The van der Waals surface area contributed by atoms with Crippen molar-refractivity contribution in [3.8, 4) is 17.2 Å². The quantitative estimate of drug-likeness (QED) is 0.693. The third kappa shape index (κ3) is 5.10. The van der Waals surface area contributed by atoms with Crippen molar-refractivity contribution in [2.45, 2.75) is 26.3 Å². The van der Waals surface area contributed by atoms with Crippen molar-refractivity contribution in [1.29, 1.82) is 0 Å². The molecule has 1 aromatic rings. The predicted octanol–water partition coefficient (Wildman–Crippen LogP) is 2.21. The van der Waals surface area contributed by atoms with Crippen LogP contribution in [-0.4, -0.2) is 39.6 Å². The number of rotatable bonds is 10. The Morgan fingerprint density at radius 2 is 1.71 bits per heavy atom. The highest BCUT2D eigenvalue weighted by Crippen LogP contribution is 2.33. The average Bonchev–Trinajstić information content (AvgIpc) is 2.53. The molecule has 0 aliphatic rings. The molecule has 0 radical (unpaired) electrons. The predicted molar refractivity (Wildman–Crippen MR) is 83.3 cm³/mol. The number of hydrogen-bond acceptors (Lipinski definition) is 5. The summed E-state index contributed by atoms with van der Waals surface area (Å²) in [6.07, 6.45) is 1.87. The average molecular weight is 297 g/mol. The van der Waals surface area contributed by atoms with E-state index >= 15 is 0 Å². The summed E-state index contributed by atoms with van der Waals surface area (Å²) >= 11 is 0. The minimum absolute atomic E-state index is 0.232. The van der Waals surface area contributed by atoms with E-state index in [1.165, 1.54) is 0 Å². The molecule has 1 atom stereocenters. The van der Waals surface area contributed by atoms with Crippen molar-refractivity contribution in [2.24, 2.45) is 5.92 Å². The van der Waals surface area contributed by atoms with E-state index in [2.05, 4.69) is 12.2 Å². The maximum atomic E-state index is 9.02. The molecule has 0 amide bonds. The van der Waals surface area contributed by atoms with Crippen LogP contribution in [0.4, 0.5) is 0 Å². The molecule has 1 unspecified atom stereocenters. The van der Waals surface area contributed by atoms with Crippen molar-refractivity contribution in [2.75, 3.05) is 34.5 Å². The number of hydrogen-bond donors (Lipinski definition) is 2. The van der Waals surface area contributed by atoms with Gasteiger partial charge in [0.1, 0.15) is 17.2 Å². The summed E-state index contributed by atoms with van der Waals surface area (Å²) in [4.78, 5) is 0. The van der Waals surface area contributed by atoms with E-state index in [1.54, 1.807) is 21.3 Å². The molecule has 0 fully saturated rings. The van der Waals surface area contributed by atoms with Crippen LogP contribution in [0.25, 0.3) is 0 Å². The van der Waals surface area contributed by atoms with Crippen LogP contribution in [0.3, 0.4) is 0 Å². The van der Waals surface area contributed by atoms with Crippen LogP contribution in [0.2, 0.25) is 0 Å². The lowest BCUT2D eigenvalue weighted by Crippen LogP contribution is -2.23. The van der Waals surface area contributed by atoms with Crippen LogP contribution < -0.4 is 19.5 Å². The first-order valence-electron chi connectivity index (χ1n) is 7.30. The molecule has 0 bridgehead atoms. The number of nitrogens with one attached hydrogen (secondary N) is 1. The molecular weight excluding hydrogens is 270 g/mol. The van der Waals surface area contributed by atoms with Crippen LogP contribution >= 0.6 is 0 Å². The van der Waals surface area contributed by atoms with Gasteiger partial charge in [0.2, 0.25) is 0 Å². The van der Waals surface area contributed by atoms with Crippen LogP contribution in [0.5, 0.6) is 17.2 Å². The van der Waals surface area contributed by atoms with E-state index in [1.807, 2.05) is 12.1 Å². The van der Waals surface area contributed by atoms with Crippen molar-refractivity contribution in [3.63, 3.8) is 0 Å². The monoisotopic (exact) mass is 297 g/mol. The van der Waals surface area contributed by atoms with Gasteiger partial charge in [-0.25, -0.2) is 0 Å². The van der Waals surface area contributed by atoms with Crippen molar-refractivity contribution >= 4 is 0 Å². The third-order valence-electron chi connectivity index (χ3n) is 3.67. The minimum Gasteiger partial charge on any atom is -0.496 e. The first kappa shape index (κ1) is 17.6. The lowest BCUT2D eigenvalue weighted by Gasteiger charge is -2.18. The topological polar surface area (TPSA) is 60.0 Å². The Labute approximate surface area is 127 Å². The number of methoxy groups -OCH3 is 3. The van der Waals surface area contributed by atoms with Gasteiger partial charge in [-0.15, -0.1) is 0 Å². The SMILES string of the molecule is CCC(CCO)CNCc1c(OC)cc(OC)cc1OC. The van der Waals surface area contributed by atoms with Gasteiger partial charge in [0.05, 0.1) is 26.9 Å². The first-order chi connectivity index (χ1) is 10.2. The summed E-state index contributed by atoms with van der Waals surface area (Å²) in [5, 5.41) is 12.4. The molecule has 0 saturated heterocycles. The summed E-state index contributed by atoms with van der Waals surface area (Å²) in [6, 6.07) is 3.70. The fourth-order valence-corrected chi connectivity index (χ4v) is 2.29. The maximum absolute atomic E-state index is 9.02. The molecule has 0 saturated carbocycles. The lowest BCUT2D eigenvalue weighted by atomic mass is 10.0. The maximum Gasteiger partial charge on any atom is 0.130 e. The number of ether oxygens (including phenoxy) is 3. The molecule has 120 valence electrons. The fourth-order valence-electron chi connectivity index (χ4n) is 2.29. The molecule has 0 heterocycles. The highest BCUT2D eigenvalue weighted by atomic mass is 16.5. The summed E-state index contributed by atoms with van der Waals surface area (Å²) in [6.45, 7) is 3.87. The van der Waals surface area contributed by atoms with Crippen molar-refractivity contribution in [1.82, 2.24) is 5.32 Å². The summed E-state index contributed by atoms with van der Waals surface area (Å²) in [7, 11) is 4.89. The number of benzene rings is 1. The Morgan fingerprint density at radius 1 is 1.10 bits per heavy atom. The summed E-state index contributed by atoms with van der Waals surface area (Å²) in [5.74, 6) is 2.67. The summed E-state index contributed by atoms with van der Waals surface area (Å²) in [5.41, 5.74) is 0.972. The van der Waals surface area contributed by atoms with Gasteiger partial charge in [-0.1, -0.05) is 13.3 Å². The van der Waals surface area contributed by atoms with Crippen molar-refractivity contribution in [3.05, 3.63) is 17.7 Å². The molecule has 1 aromatic carbocycles. The van der Waals surface area contributed by atoms with E-state index in [4.69, 9.17) is 19.3 Å². The molecular formula is C16H27NO4. The smallest absolute Gasteiger partial charge is 0.130 e. The highest BCUT2D eigenvalue weighted by molar-refractivity contribution is 5.50. The van der Waals surface area contributed by atoms with E-state index < -0.39 is 0 Å². The minimum atomic E-state index is 0.232. The molecule has 5 heteroatoms. The highest BCUT2D eigenvalue weighted by Gasteiger charge is 2.13. The zero-order valence-electron chi connectivity index (χ0n) is 13.4. The van der Waals surface area contributed by atoms with Gasteiger partial charge in [0.15, 0.2) is 0 Å². The van der Waals surface area contributed by atoms with Crippen LogP contribution in [-0.2, 0) is 6.54 Å². The zero-order valence-corrected chi connectivity index (χ0v) is 13.4. The third-order valence-corrected chi connectivity index (χ3v) is 3.67. The van der Waals surface area contributed by atoms with Gasteiger partial charge < -0.3 is 24.6 Å². The van der Waals surface area contributed by atoms with Crippen molar-refractivity contribution < 1.29 is 19.3 Å². The van der Waals surface area contributed by atoms with E-state index in [0.717, 1.165) is 36.4 Å². The molecule has 1 rings (SSSR count). The van der Waals surface area contributed by atoms with Crippen LogP contribution in [0, 0.1) is 5.92 Å². The zero-order chi connectivity index (χ0) is 15.7. The molecule has 0 spiro atoms. The second-order valence-corrected chi connectivity index (χ2v) is 4.93. The Bertz CT molecular complexity index is 398. The van der Waals surface area contributed by atoms with E-state index in [-0.39, 0.29) is 6.61 Å². The van der Waals surface area contributed by atoms with Gasteiger partial charge in [-0.2, -0.15) is 0 Å². The number of aliphatic hydroxyl groups excluding tert-OH is 1. The van der Waals surface area contributed by atoms with E-state index in [0.29, 0.717) is 18.2 Å². The second kappa shape index (κ2) is 9.47. The van der Waals surface area contributed by atoms with Gasteiger partial charge in [0, 0.05) is 25.3 Å². The molecule has 2 N–H and O–H groups in total. The van der Waals surface area contributed by atoms with E-state index in [9.17, 15) is 0 Å². The van der Waals surface area contributed by atoms with Gasteiger partial charge in [0.25, 0.3) is 0 Å². The van der Waals surface area contributed by atoms with Crippen LogP contribution in [0.1, 0.15) is 25.3 Å². The van der Waals surface area contributed by atoms with Gasteiger partial charge >= 0.3 is 0 Å². The normalized spacial score (nSPS) is 12.0. The Morgan fingerprint density at radius 3 is 2.14 bits per heavy atom. The summed E-state index contributed by atoms with van der Waals surface area (Å²) < 4.78 is 16.1. The van der Waals surface area contributed by atoms with Crippen LogP contribution in [0.15, 0.2) is 12.1 Å². The molecule has 5 nitrogen and oxygen atoms in total. The van der Waals surface area contributed by atoms with Gasteiger partial charge in [-0.05, 0) is 18.9 Å². The molecule has 21 heavy (non-hydrogen) atoms. The molecule has 0 aliphatic heterocycles. The first-order valence-corrected chi connectivity index (χ1v) is 7.30. The Kier molecular flexibility index (Phi) is 7.93.